The molecule has 4 heteroatoms. The van der Waals surface area contributed by atoms with Gasteiger partial charge in [-0.2, -0.15) is 0 Å². The van der Waals surface area contributed by atoms with Crippen LogP contribution < -0.4 is 10.6 Å². The highest BCUT2D eigenvalue weighted by Gasteiger charge is 2.20. The minimum Gasteiger partial charge on any atom is -0.355 e. The van der Waals surface area contributed by atoms with Crippen molar-refractivity contribution in [3.8, 4) is 0 Å². The van der Waals surface area contributed by atoms with Crippen molar-refractivity contribution in [3.63, 3.8) is 0 Å². The van der Waals surface area contributed by atoms with Crippen LogP contribution in [0.25, 0.3) is 0 Å². The van der Waals surface area contributed by atoms with E-state index in [9.17, 15) is 4.79 Å². The second-order valence-corrected chi connectivity index (χ2v) is 5.29. The van der Waals surface area contributed by atoms with Crippen LogP contribution in [0.2, 0.25) is 0 Å². The quantitative estimate of drug-likeness (QED) is 0.653. The van der Waals surface area contributed by atoms with E-state index in [1.165, 1.54) is 19.4 Å². The van der Waals surface area contributed by atoms with Crippen molar-refractivity contribution in [2.24, 2.45) is 0 Å². The third kappa shape index (κ3) is 6.03. The van der Waals surface area contributed by atoms with E-state index in [-0.39, 0.29) is 5.91 Å². The molecule has 1 amide bonds. The molecule has 1 atom stereocenters. The molecule has 100 valence electrons. The van der Waals surface area contributed by atoms with Gasteiger partial charge in [-0.1, -0.05) is 13.8 Å². The zero-order valence-corrected chi connectivity index (χ0v) is 11.5. The van der Waals surface area contributed by atoms with Crippen molar-refractivity contribution in [1.82, 2.24) is 15.5 Å². The first kappa shape index (κ1) is 14.5. The van der Waals surface area contributed by atoms with Gasteiger partial charge in [0.1, 0.15) is 0 Å². The highest BCUT2D eigenvalue weighted by Crippen LogP contribution is 2.13. The summed E-state index contributed by atoms with van der Waals surface area (Å²) in [6, 6.07) is 1.05. The van der Waals surface area contributed by atoms with Crippen LogP contribution in [0.5, 0.6) is 0 Å². The van der Waals surface area contributed by atoms with Crippen LogP contribution >= 0.6 is 0 Å². The van der Waals surface area contributed by atoms with Gasteiger partial charge in [0.2, 0.25) is 5.91 Å². The average Bonchev–Trinajstić information content (AvgIpc) is 2.67. The summed E-state index contributed by atoms with van der Waals surface area (Å²) in [5.41, 5.74) is 0. The van der Waals surface area contributed by atoms with Crippen LogP contribution in [-0.2, 0) is 4.79 Å². The van der Waals surface area contributed by atoms with Crippen LogP contribution in [-0.4, -0.2) is 49.6 Å². The molecule has 1 aliphatic rings. The molecule has 0 saturated carbocycles. The molecule has 4 nitrogen and oxygen atoms in total. The first-order valence-electron chi connectivity index (χ1n) is 6.80. The van der Waals surface area contributed by atoms with Crippen LogP contribution in [0.3, 0.4) is 0 Å². The van der Waals surface area contributed by atoms with E-state index in [0.29, 0.717) is 18.5 Å². The van der Waals surface area contributed by atoms with Crippen LogP contribution in [0.4, 0.5) is 0 Å². The molecule has 0 aromatic rings. The minimum absolute atomic E-state index is 0.191. The second kappa shape index (κ2) is 7.67. The fourth-order valence-corrected chi connectivity index (χ4v) is 2.20. The number of nitrogens with zero attached hydrogens (tertiary/aromatic N) is 1. The van der Waals surface area contributed by atoms with Crippen molar-refractivity contribution in [1.29, 1.82) is 0 Å². The molecule has 0 aromatic heterocycles. The van der Waals surface area contributed by atoms with Gasteiger partial charge in [-0.25, -0.2) is 0 Å². The number of nitrogens with one attached hydrogen (secondary N) is 2. The van der Waals surface area contributed by atoms with E-state index in [4.69, 9.17) is 0 Å². The van der Waals surface area contributed by atoms with E-state index < -0.39 is 0 Å². The summed E-state index contributed by atoms with van der Waals surface area (Å²) in [5, 5.41) is 6.35. The number of carbonyl (C=O) groups is 1. The summed E-state index contributed by atoms with van der Waals surface area (Å²) in [6.45, 7) is 7.15. The highest BCUT2D eigenvalue weighted by molar-refractivity contribution is 5.75. The number of hydrogen-bond acceptors (Lipinski definition) is 3. The Hall–Kier alpha value is -0.610. The smallest absolute Gasteiger partial charge is 0.220 e. The molecular weight excluding hydrogens is 214 g/mol. The topological polar surface area (TPSA) is 44.4 Å². The molecule has 0 aromatic carbocycles. The molecule has 1 saturated heterocycles. The predicted octanol–water partition coefficient (Wildman–Crippen LogP) is 0.975. The number of rotatable bonds is 7. The molecule has 1 rings (SSSR count). The zero-order valence-electron chi connectivity index (χ0n) is 11.5. The van der Waals surface area contributed by atoms with Gasteiger partial charge in [0.15, 0.2) is 0 Å². The summed E-state index contributed by atoms with van der Waals surface area (Å²) in [7, 11) is 2.14. The molecule has 0 bridgehead atoms. The number of likely N-dealkylation sites (tertiary alicyclic amines) is 1. The summed E-state index contributed by atoms with van der Waals surface area (Å²) in [5.74, 6) is 0.191. The highest BCUT2D eigenvalue weighted by atomic mass is 16.1. The average molecular weight is 241 g/mol. The van der Waals surface area contributed by atoms with Crippen molar-refractivity contribution < 1.29 is 4.79 Å². The third-order valence-corrected chi connectivity index (χ3v) is 3.34. The monoisotopic (exact) mass is 241 g/mol. The lowest BCUT2D eigenvalue weighted by atomic mass is 10.2. The third-order valence-electron chi connectivity index (χ3n) is 3.34. The molecule has 0 aliphatic carbocycles. The first-order chi connectivity index (χ1) is 8.09. The van der Waals surface area contributed by atoms with Crippen LogP contribution in [0, 0.1) is 0 Å². The Labute approximate surface area is 105 Å². The predicted molar refractivity (Wildman–Crippen MR) is 71.0 cm³/mol. The largest absolute Gasteiger partial charge is 0.355 e. The second-order valence-electron chi connectivity index (χ2n) is 5.29. The van der Waals surface area contributed by atoms with Crippen molar-refractivity contribution in [2.45, 2.75) is 51.6 Å². The maximum absolute atomic E-state index is 11.6. The maximum Gasteiger partial charge on any atom is 0.220 e. The molecular formula is C13H27N3O. The van der Waals surface area contributed by atoms with E-state index in [0.717, 1.165) is 19.5 Å². The summed E-state index contributed by atoms with van der Waals surface area (Å²) in [4.78, 5) is 13.9. The molecule has 1 heterocycles. The van der Waals surface area contributed by atoms with Crippen LogP contribution in [0.15, 0.2) is 0 Å². The molecule has 2 N–H and O–H groups in total. The standard InChI is InChI=1S/C13H27N3O/c1-11(2)14-8-4-7-13(17)15-10-12-6-5-9-16(12)3/h11-12,14H,4-10H2,1-3H3,(H,15,17). The fourth-order valence-electron chi connectivity index (χ4n) is 2.20. The Balaban J connectivity index is 2.01. The molecule has 17 heavy (non-hydrogen) atoms. The fraction of sp³-hybridized carbons (Fsp3) is 0.923. The lowest BCUT2D eigenvalue weighted by Gasteiger charge is -2.19. The van der Waals surface area contributed by atoms with Crippen molar-refractivity contribution >= 4 is 5.91 Å². The number of amides is 1. The Morgan fingerprint density at radius 3 is 2.82 bits per heavy atom. The summed E-state index contributed by atoms with van der Waals surface area (Å²) < 4.78 is 0. The zero-order chi connectivity index (χ0) is 12.7. The maximum atomic E-state index is 11.6. The Morgan fingerprint density at radius 1 is 1.47 bits per heavy atom. The van der Waals surface area contributed by atoms with Gasteiger partial charge in [0, 0.05) is 25.0 Å². The molecule has 0 spiro atoms. The SMILES string of the molecule is CC(C)NCCCC(=O)NCC1CCCN1C. The van der Waals surface area contributed by atoms with Crippen molar-refractivity contribution in [2.75, 3.05) is 26.7 Å². The van der Waals surface area contributed by atoms with Crippen molar-refractivity contribution in [3.05, 3.63) is 0 Å². The van der Waals surface area contributed by atoms with E-state index in [1.54, 1.807) is 0 Å². The van der Waals surface area contributed by atoms with E-state index >= 15 is 0 Å². The van der Waals surface area contributed by atoms with E-state index in [2.05, 4.69) is 36.4 Å². The molecule has 1 unspecified atom stereocenters. The summed E-state index contributed by atoms with van der Waals surface area (Å²) in [6.07, 6.45) is 4.03. The lowest BCUT2D eigenvalue weighted by Crippen LogP contribution is -2.38. The normalized spacial score (nSPS) is 21.1. The molecule has 0 radical (unpaired) electrons. The first-order valence-corrected chi connectivity index (χ1v) is 6.80. The number of carbonyl (C=O) groups excluding carboxylic acids is 1. The van der Waals surface area contributed by atoms with Gasteiger partial charge in [-0.3, -0.25) is 4.79 Å². The van der Waals surface area contributed by atoms with Gasteiger partial charge in [-0.15, -0.1) is 0 Å². The Morgan fingerprint density at radius 2 is 2.24 bits per heavy atom. The van der Waals surface area contributed by atoms with Gasteiger partial charge in [0.25, 0.3) is 0 Å². The Kier molecular flexibility index (Phi) is 6.52. The number of hydrogen-bond donors (Lipinski definition) is 2. The number of likely N-dealkylation sites (N-methyl/N-ethyl adjacent to an activating group) is 1. The molecule has 1 fully saturated rings. The minimum atomic E-state index is 0.191. The van der Waals surface area contributed by atoms with Gasteiger partial charge < -0.3 is 15.5 Å². The van der Waals surface area contributed by atoms with Gasteiger partial charge in [0.05, 0.1) is 0 Å². The Bertz CT molecular complexity index is 231. The lowest BCUT2D eigenvalue weighted by molar-refractivity contribution is -0.121. The summed E-state index contributed by atoms with van der Waals surface area (Å²) >= 11 is 0. The molecule has 1 aliphatic heterocycles. The van der Waals surface area contributed by atoms with Gasteiger partial charge in [-0.05, 0) is 39.4 Å². The van der Waals surface area contributed by atoms with E-state index in [1.807, 2.05) is 0 Å². The van der Waals surface area contributed by atoms with Gasteiger partial charge >= 0.3 is 0 Å². The van der Waals surface area contributed by atoms with Crippen LogP contribution in [0.1, 0.15) is 39.5 Å².